The number of nitro groups is 1. The number of rotatable bonds is 4. The highest BCUT2D eigenvalue weighted by molar-refractivity contribution is 6.39. The van der Waals surface area contributed by atoms with E-state index in [0.717, 1.165) is 22.0 Å². The number of anilines is 1. The number of nitrogens with one attached hydrogen (secondary N) is 1. The lowest BCUT2D eigenvalue weighted by molar-refractivity contribution is -0.384. The van der Waals surface area contributed by atoms with Crippen LogP contribution in [0.3, 0.4) is 0 Å². The predicted molar refractivity (Wildman–Crippen MR) is 120 cm³/mol. The Labute approximate surface area is 188 Å². The van der Waals surface area contributed by atoms with Crippen LogP contribution in [0.15, 0.2) is 54.4 Å². The molecular weight excluding hydrogens is 426 g/mol. The molecule has 3 heterocycles. The van der Waals surface area contributed by atoms with Gasteiger partial charge in [-0.25, -0.2) is 9.69 Å². The van der Waals surface area contributed by atoms with Crippen LogP contribution in [0.25, 0.3) is 11.8 Å². The number of imide groups is 2. The van der Waals surface area contributed by atoms with Crippen LogP contribution >= 0.6 is 0 Å². The van der Waals surface area contributed by atoms with Gasteiger partial charge in [-0.3, -0.25) is 30.0 Å². The first-order valence-electron chi connectivity index (χ1n) is 9.95. The number of urea groups is 1. The summed E-state index contributed by atoms with van der Waals surface area (Å²) in [6, 6.07) is 8.53. The fourth-order valence-electron chi connectivity index (χ4n) is 3.85. The summed E-state index contributed by atoms with van der Waals surface area (Å²) in [5.74, 6) is -1.53. The van der Waals surface area contributed by atoms with E-state index in [1.165, 1.54) is 42.7 Å². The largest absolute Gasteiger partial charge is 0.335 e. The Morgan fingerprint density at radius 1 is 1.03 bits per heavy atom. The second-order valence-corrected chi connectivity index (χ2v) is 7.55. The van der Waals surface area contributed by atoms with Gasteiger partial charge >= 0.3 is 6.03 Å². The van der Waals surface area contributed by atoms with Gasteiger partial charge in [0.25, 0.3) is 17.5 Å². The molecule has 1 saturated heterocycles. The second-order valence-electron chi connectivity index (χ2n) is 7.55. The van der Waals surface area contributed by atoms with Crippen LogP contribution in [0.2, 0.25) is 0 Å². The number of barbiturate groups is 1. The number of nitro benzene ring substituents is 1. The van der Waals surface area contributed by atoms with Crippen molar-refractivity contribution in [2.45, 2.75) is 20.8 Å². The first-order chi connectivity index (χ1) is 15.7. The summed E-state index contributed by atoms with van der Waals surface area (Å²) in [7, 11) is 0. The maximum absolute atomic E-state index is 13.1. The Balaban J connectivity index is 1.77. The van der Waals surface area contributed by atoms with Crippen LogP contribution < -0.4 is 10.2 Å². The number of carbonyl (C=O) groups is 3. The van der Waals surface area contributed by atoms with Crippen LogP contribution in [0.5, 0.6) is 0 Å². The minimum Gasteiger partial charge on any atom is -0.318 e. The number of pyridine rings is 1. The Kier molecular flexibility index (Phi) is 5.34. The van der Waals surface area contributed by atoms with Gasteiger partial charge in [-0.1, -0.05) is 0 Å². The molecule has 33 heavy (non-hydrogen) atoms. The molecule has 2 aromatic heterocycles. The third-order valence-corrected chi connectivity index (χ3v) is 5.42. The van der Waals surface area contributed by atoms with Gasteiger partial charge in [-0.05, 0) is 62.2 Å². The molecule has 4 amide bonds. The smallest absolute Gasteiger partial charge is 0.318 e. The lowest BCUT2D eigenvalue weighted by Gasteiger charge is -2.26. The fraction of sp³-hybridized carbons (Fsp3) is 0.130. The zero-order chi connectivity index (χ0) is 23.9. The maximum Gasteiger partial charge on any atom is 0.335 e. The summed E-state index contributed by atoms with van der Waals surface area (Å²) in [5.41, 5.74) is 3.68. The average molecular weight is 445 g/mol. The Hall–Kier alpha value is -4.60. The molecular formula is C23H19N5O5. The van der Waals surface area contributed by atoms with Crippen molar-refractivity contribution < 1.29 is 19.3 Å². The lowest BCUT2D eigenvalue weighted by atomic mass is 10.1. The first-order valence-corrected chi connectivity index (χ1v) is 9.95. The number of benzene rings is 1. The Bertz CT molecular complexity index is 1360. The molecule has 166 valence electrons. The molecule has 1 aliphatic rings. The van der Waals surface area contributed by atoms with E-state index in [4.69, 9.17) is 0 Å². The Morgan fingerprint density at radius 2 is 1.73 bits per heavy atom. The summed E-state index contributed by atoms with van der Waals surface area (Å²) in [6.45, 7) is 5.44. The fourth-order valence-corrected chi connectivity index (χ4v) is 3.85. The van der Waals surface area contributed by atoms with Crippen molar-refractivity contribution in [2.24, 2.45) is 0 Å². The van der Waals surface area contributed by atoms with E-state index in [1.54, 1.807) is 19.1 Å². The number of hydrogen-bond donors (Lipinski definition) is 1. The summed E-state index contributed by atoms with van der Waals surface area (Å²) in [5, 5.41) is 13.3. The molecule has 0 unspecified atom stereocenters. The van der Waals surface area contributed by atoms with Gasteiger partial charge in [0, 0.05) is 41.6 Å². The van der Waals surface area contributed by atoms with Gasteiger partial charge in [0.1, 0.15) is 5.57 Å². The average Bonchev–Trinajstić information content (AvgIpc) is 3.04. The summed E-state index contributed by atoms with van der Waals surface area (Å²) >= 11 is 0. The van der Waals surface area contributed by atoms with E-state index in [-0.39, 0.29) is 16.9 Å². The van der Waals surface area contributed by atoms with E-state index in [1.807, 2.05) is 18.4 Å². The standard InChI is InChI=1S/C23H19N5O5/c1-13-10-18(28(32)33)4-5-20(13)26-14(2)11-16(15(26)3)12-19-21(29)25-23(31)27(22(19)30)17-6-8-24-9-7-17/h4-12H,1-3H3,(H,25,29,31)/b19-12+. The third-order valence-electron chi connectivity index (χ3n) is 5.42. The monoisotopic (exact) mass is 445 g/mol. The maximum atomic E-state index is 13.1. The number of non-ortho nitro benzene ring substituents is 1. The normalized spacial score (nSPS) is 15.2. The van der Waals surface area contributed by atoms with Crippen molar-refractivity contribution in [1.82, 2.24) is 14.9 Å². The molecule has 0 saturated carbocycles. The first kappa shape index (κ1) is 21.6. The zero-order valence-corrected chi connectivity index (χ0v) is 18.0. The van der Waals surface area contributed by atoms with Crippen molar-refractivity contribution in [3.8, 4) is 5.69 Å². The molecule has 4 rings (SSSR count). The lowest BCUT2D eigenvalue weighted by Crippen LogP contribution is -2.54. The highest BCUT2D eigenvalue weighted by atomic mass is 16.6. The summed E-state index contributed by atoms with van der Waals surface area (Å²) in [6.07, 6.45) is 4.32. The molecule has 0 radical (unpaired) electrons. The van der Waals surface area contributed by atoms with Crippen molar-refractivity contribution in [1.29, 1.82) is 0 Å². The van der Waals surface area contributed by atoms with Gasteiger partial charge in [0.15, 0.2) is 0 Å². The van der Waals surface area contributed by atoms with E-state index in [9.17, 15) is 24.5 Å². The molecule has 10 nitrogen and oxygen atoms in total. The molecule has 1 fully saturated rings. The highest BCUT2D eigenvalue weighted by Gasteiger charge is 2.37. The SMILES string of the molecule is Cc1cc([N+](=O)[O-])ccc1-n1c(C)cc(/C=C2\C(=O)NC(=O)N(c3ccncc3)C2=O)c1C. The molecule has 1 aromatic carbocycles. The number of amides is 4. The third kappa shape index (κ3) is 3.78. The van der Waals surface area contributed by atoms with Gasteiger partial charge in [0.05, 0.1) is 10.6 Å². The van der Waals surface area contributed by atoms with E-state index in [2.05, 4.69) is 10.3 Å². The van der Waals surface area contributed by atoms with Gasteiger partial charge in [-0.15, -0.1) is 0 Å². The summed E-state index contributed by atoms with van der Waals surface area (Å²) in [4.78, 5) is 53.2. The van der Waals surface area contributed by atoms with Crippen molar-refractivity contribution in [3.63, 3.8) is 0 Å². The molecule has 0 atom stereocenters. The predicted octanol–water partition coefficient (Wildman–Crippen LogP) is 3.37. The minimum atomic E-state index is -0.833. The van der Waals surface area contributed by atoms with Crippen LogP contribution in [0.4, 0.5) is 16.2 Å². The minimum absolute atomic E-state index is 0.00797. The molecule has 1 aliphatic heterocycles. The number of nitrogens with zero attached hydrogens (tertiary/aromatic N) is 4. The van der Waals surface area contributed by atoms with Crippen LogP contribution in [0.1, 0.15) is 22.5 Å². The number of carbonyl (C=O) groups excluding carboxylic acids is 3. The number of aromatic nitrogens is 2. The van der Waals surface area contributed by atoms with Crippen molar-refractivity contribution in [2.75, 3.05) is 4.90 Å². The van der Waals surface area contributed by atoms with Crippen LogP contribution in [0, 0.1) is 30.9 Å². The zero-order valence-electron chi connectivity index (χ0n) is 18.0. The van der Waals surface area contributed by atoms with Gasteiger partial charge in [0.2, 0.25) is 0 Å². The van der Waals surface area contributed by atoms with E-state index in [0.29, 0.717) is 11.1 Å². The number of aryl methyl sites for hydroxylation is 2. The number of hydrogen-bond acceptors (Lipinski definition) is 6. The Morgan fingerprint density at radius 3 is 2.36 bits per heavy atom. The topological polar surface area (TPSA) is 127 Å². The molecule has 10 heteroatoms. The van der Waals surface area contributed by atoms with Crippen molar-refractivity contribution in [3.05, 3.63) is 87.0 Å². The van der Waals surface area contributed by atoms with Gasteiger partial charge < -0.3 is 4.57 Å². The molecule has 0 spiro atoms. The van der Waals surface area contributed by atoms with Crippen molar-refractivity contribution >= 4 is 35.3 Å². The van der Waals surface area contributed by atoms with E-state index < -0.39 is 22.8 Å². The second kappa shape index (κ2) is 8.15. The van der Waals surface area contributed by atoms with Gasteiger partial charge in [-0.2, -0.15) is 0 Å². The van der Waals surface area contributed by atoms with Crippen LogP contribution in [-0.2, 0) is 9.59 Å². The summed E-state index contributed by atoms with van der Waals surface area (Å²) < 4.78 is 1.89. The van der Waals surface area contributed by atoms with E-state index >= 15 is 0 Å². The molecule has 1 N–H and O–H groups in total. The van der Waals surface area contributed by atoms with Crippen LogP contribution in [-0.4, -0.2) is 32.3 Å². The molecule has 0 aliphatic carbocycles. The highest BCUT2D eigenvalue weighted by Crippen LogP contribution is 2.28. The quantitative estimate of drug-likeness (QED) is 0.284. The molecule has 0 bridgehead atoms. The molecule has 3 aromatic rings.